The Labute approximate surface area is 91.2 Å². The van der Waals surface area contributed by atoms with Crippen LogP contribution >= 0.6 is 0 Å². The summed E-state index contributed by atoms with van der Waals surface area (Å²) in [5.41, 5.74) is -0.321. The Hall–Kier alpha value is -1.06. The van der Waals surface area contributed by atoms with Crippen molar-refractivity contribution in [1.29, 1.82) is 0 Å². The molecule has 0 unspecified atom stereocenters. The maximum Gasteiger partial charge on any atom is 0.327 e. The van der Waals surface area contributed by atoms with E-state index in [9.17, 15) is 9.59 Å². The van der Waals surface area contributed by atoms with Crippen molar-refractivity contribution in [2.45, 2.75) is 46.1 Å². The van der Waals surface area contributed by atoms with Crippen LogP contribution in [0.15, 0.2) is 0 Å². The summed E-state index contributed by atoms with van der Waals surface area (Å²) in [5.74, 6) is -0.0620. The highest BCUT2D eigenvalue weighted by molar-refractivity contribution is 6.02. The highest BCUT2D eigenvalue weighted by atomic mass is 16.2. The first-order chi connectivity index (χ1) is 7.00. The number of imide groups is 1. The van der Waals surface area contributed by atoms with E-state index in [0.29, 0.717) is 6.54 Å². The first-order valence-electron chi connectivity index (χ1n) is 5.62. The van der Waals surface area contributed by atoms with Gasteiger partial charge < -0.3 is 4.90 Å². The molecule has 15 heavy (non-hydrogen) atoms. The van der Waals surface area contributed by atoms with Gasteiger partial charge in [-0.25, -0.2) is 4.79 Å². The van der Waals surface area contributed by atoms with Crippen LogP contribution in [0.5, 0.6) is 0 Å². The zero-order valence-corrected chi connectivity index (χ0v) is 10.0. The molecule has 1 aliphatic heterocycles. The quantitative estimate of drug-likeness (QED) is 0.667. The van der Waals surface area contributed by atoms with Gasteiger partial charge in [-0.15, -0.1) is 0 Å². The summed E-state index contributed by atoms with van der Waals surface area (Å²) >= 11 is 0. The molecule has 1 saturated heterocycles. The Morgan fingerprint density at radius 1 is 1.20 bits per heavy atom. The van der Waals surface area contributed by atoms with Crippen LogP contribution in [0.3, 0.4) is 0 Å². The molecular formula is C11H20N2O2. The van der Waals surface area contributed by atoms with Crippen LogP contribution in [0, 0.1) is 0 Å². The number of nitrogens with zero attached hydrogens (tertiary/aromatic N) is 2. The molecule has 0 bridgehead atoms. The fourth-order valence-electron chi connectivity index (χ4n) is 1.89. The van der Waals surface area contributed by atoms with Crippen LogP contribution < -0.4 is 0 Å². The van der Waals surface area contributed by atoms with Gasteiger partial charge in [0.15, 0.2) is 0 Å². The van der Waals surface area contributed by atoms with Gasteiger partial charge in [-0.1, -0.05) is 13.8 Å². The molecule has 0 aliphatic carbocycles. The van der Waals surface area contributed by atoms with Gasteiger partial charge >= 0.3 is 6.03 Å². The minimum Gasteiger partial charge on any atom is -0.315 e. The monoisotopic (exact) mass is 212 g/mol. The number of hydrogen-bond acceptors (Lipinski definition) is 2. The molecule has 0 aromatic rings. The predicted octanol–water partition coefficient (Wildman–Crippen LogP) is 1.85. The Morgan fingerprint density at radius 3 is 2.07 bits per heavy atom. The van der Waals surface area contributed by atoms with Gasteiger partial charge in [-0.3, -0.25) is 9.69 Å². The second-order valence-corrected chi connectivity index (χ2v) is 4.23. The maximum atomic E-state index is 11.9. The standard InChI is InChI=1S/C11H20N2O2/c1-5-11(4,6-2)13-9(14)8-12(7-3)10(13)15/h5-8H2,1-4H3. The van der Waals surface area contributed by atoms with Crippen molar-refractivity contribution in [2.75, 3.05) is 13.1 Å². The van der Waals surface area contributed by atoms with E-state index >= 15 is 0 Å². The topological polar surface area (TPSA) is 40.6 Å². The molecule has 4 nitrogen and oxygen atoms in total. The third-order valence-corrected chi connectivity index (χ3v) is 3.48. The highest BCUT2D eigenvalue weighted by Gasteiger charge is 2.44. The summed E-state index contributed by atoms with van der Waals surface area (Å²) in [6.45, 7) is 8.73. The van der Waals surface area contributed by atoms with Crippen LogP contribution in [-0.4, -0.2) is 40.4 Å². The van der Waals surface area contributed by atoms with Crippen molar-refractivity contribution in [3.63, 3.8) is 0 Å². The minimum absolute atomic E-state index is 0.0620. The van der Waals surface area contributed by atoms with Gasteiger partial charge in [-0.2, -0.15) is 0 Å². The Morgan fingerprint density at radius 2 is 1.73 bits per heavy atom. The van der Waals surface area contributed by atoms with E-state index in [-0.39, 0.29) is 24.0 Å². The van der Waals surface area contributed by atoms with E-state index in [1.165, 1.54) is 4.90 Å². The van der Waals surface area contributed by atoms with E-state index in [1.54, 1.807) is 4.90 Å². The van der Waals surface area contributed by atoms with Crippen molar-refractivity contribution >= 4 is 11.9 Å². The molecule has 0 N–H and O–H groups in total. The molecule has 1 fully saturated rings. The SMILES string of the molecule is CCN1CC(=O)N(C(C)(CC)CC)C1=O. The number of hydrogen-bond donors (Lipinski definition) is 0. The van der Waals surface area contributed by atoms with Gasteiger partial charge in [0.2, 0.25) is 0 Å². The zero-order chi connectivity index (χ0) is 11.6. The largest absolute Gasteiger partial charge is 0.327 e. The van der Waals surface area contributed by atoms with Crippen molar-refractivity contribution in [3.8, 4) is 0 Å². The van der Waals surface area contributed by atoms with Crippen molar-refractivity contribution in [1.82, 2.24) is 9.80 Å². The van der Waals surface area contributed by atoms with Crippen LogP contribution in [0.25, 0.3) is 0 Å². The fourth-order valence-corrected chi connectivity index (χ4v) is 1.89. The molecular weight excluding hydrogens is 192 g/mol. The van der Waals surface area contributed by atoms with E-state index in [1.807, 2.05) is 27.7 Å². The van der Waals surface area contributed by atoms with E-state index in [2.05, 4.69) is 0 Å². The van der Waals surface area contributed by atoms with Gasteiger partial charge in [0.25, 0.3) is 5.91 Å². The average Bonchev–Trinajstić information content (AvgIpc) is 2.53. The van der Waals surface area contributed by atoms with Crippen molar-refractivity contribution in [2.24, 2.45) is 0 Å². The molecule has 0 aromatic carbocycles. The van der Waals surface area contributed by atoms with Gasteiger partial charge in [0, 0.05) is 12.1 Å². The predicted molar refractivity (Wildman–Crippen MR) is 58.5 cm³/mol. The van der Waals surface area contributed by atoms with E-state index in [0.717, 1.165) is 12.8 Å². The third-order valence-electron chi connectivity index (χ3n) is 3.48. The molecule has 1 heterocycles. The van der Waals surface area contributed by atoms with Gasteiger partial charge in [-0.05, 0) is 26.7 Å². The fraction of sp³-hybridized carbons (Fsp3) is 0.818. The molecule has 0 spiro atoms. The Kier molecular flexibility index (Phi) is 3.37. The number of amides is 3. The molecule has 1 rings (SSSR count). The zero-order valence-electron chi connectivity index (χ0n) is 10.0. The normalized spacial score (nSPS) is 17.9. The Bertz CT molecular complexity index is 272. The highest BCUT2D eigenvalue weighted by Crippen LogP contribution is 2.28. The average molecular weight is 212 g/mol. The summed E-state index contributed by atoms with van der Waals surface area (Å²) in [4.78, 5) is 26.8. The lowest BCUT2D eigenvalue weighted by Crippen LogP contribution is -2.49. The number of urea groups is 1. The minimum atomic E-state index is -0.321. The van der Waals surface area contributed by atoms with E-state index in [4.69, 9.17) is 0 Å². The molecule has 4 heteroatoms. The third kappa shape index (κ3) is 1.85. The van der Waals surface area contributed by atoms with Crippen LogP contribution in [-0.2, 0) is 4.79 Å². The lowest BCUT2D eigenvalue weighted by atomic mass is 9.93. The molecule has 0 radical (unpaired) electrons. The van der Waals surface area contributed by atoms with Gasteiger partial charge in [0.05, 0.1) is 0 Å². The Balaban J connectivity index is 2.95. The summed E-state index contributed by atoms with van der Waals surface area (Å²) in [5, 5.41) is 0. The van der Waals surface area contributed by atoms with Crippen molar-refractivity contribution in [3.05, 3.63) is 0 Å². The molecule has 3 amide bonds. The summed E-state index contributed by atoms with van der Waals surface area (Å²) in [7, 11) is 0. The van der Waals surface area contributed by atoms with Crippen LogP contribution in [0.4, 0.5) is 4.79 Å². The first kappa shape index (κ1) is 12.0. The second kappa shape index (κ2) is 4.21. The molecule has 86 valence electrons. The number of carbonyl (C=O) groups is 2. The van der Waals surface area contributed by atoms with Crippen molar-refractivity contribution < 1.29 is 9.59 Å². The summed E-state index contributed by atoms with van der Waals surface area (Å²) in [6.07, 6.45) is 1.61. The number of rotatable bonds is 4. The smallest absolute Gasteiger partial charge is 0.315 e. The lowest BCUT2D eigenvalue weighted by molar-refractivity contribution is -0.129. The summed E-state index contributed by atoms with van der Waals surface area (Å²) in [6, 6.07) is -0.131. The number of likely N-dealkylation sites (N-methyl/N-ethyl adjacent to an activating group) is 1. The molecule has 0 saturated carbocycles. The first-order valence-corrected chi connectivity index (χ1v) is 5.62. The maximum absolute atomic E-state index is 11.9. The molecule has 1 aliphatic rings. The van der Waals surface area contributed by atoms with Gasteiger partial charge in [0.1, 0.15) is 6.54 Å². The lowest BCUT2D eigenvalue weighted by Gasteiger charge is -2.35. The van der Waals surface area contributed by atoms with Crippen LogP contribution in [0.1, 0.15) is 40.5 Å². The van der Waals surface area contributed by atoms with E-state index < -0.39 is 0 Å². The molecule has 0 atom stereocenters. The summed E-state index contributed by atoms with van der Waals surface area (Å²) < 4.78 is 0. The molecule has 0 aromatic heterocycles. The van der Waals surface area contributed by atoms with Crippen LogP contribution in [0.2, 0.25) is 0 Å². The second-order valence-electron chi connectivity index (χ2n) is 4.23. The number of carbonyl (C=O) groups excluding carboxylic acids is 2.